The standard InChI is InChI=1S/C27H30ClN3O4S/c1-20-8-7-11-24(16-20)31(36(3,34)35)19-26(32)30(18-22-12-14-23(28)15-13-22)25(27(33)29-2)17-21-9-5-4-6-10-21/h4-16,25H,17-19H2,1-3H3,(H,29,33)/t25-/m0/s1. The van der Waals surface area contributed by atoms with Crippen molar-refractivity contribution in [3.05, 3.63) is 101 Å². The van der Waals surface area contributed by atoms with Gasteiger partial charge in [-0.25, -0.2) is 8.42 Å². The normalized spacial score (nSPS) is 12.0. The molecule has 7 nitrogen and oxygen atoms in total. The van der Waals surface area contributed by atoms with E-state index >= 15 is 0 Å². The number of halogens is 1. The Kier molecular flexibility index (Phi) is 9.12. The van der Waals surface area contributed by atoms with Crippen LogP contribution in [0.5, 0.6) is 0 Å². The first kappa shape index (κ1) is 27.2. The summed E-state index contributed by atoms with van der Waals surface area (Å²) in [5.41, 5.74) is 2.88. The molecule has 3 aromatic carbocycles. The number of aryl methyl sites for hydroxylation is 1. The maximum absolute atomic E-state index is 13.8. The number of hydrogen-bond donors (Lipinski definition) is 1. The molecule has 0 aliphatic rings. The van der Waals surface area contributed by atoms with Crippen molar-refractivity contribution in [2.45, 2.75) is 25.9 Å². The molecule has 2 amide bonds. The van der Waals surface area contributed by atoms with Gasteiger partial charge in [-0.3, -0.25) is 13.9 Å². The highest BCUT2D eigenvalue weighted by molar-refractivity contribution is 7.92. The fourth-order valence-electron chi connectivity index (χ4n) is 3.90. The number of carbonyl (C=O) groups excluding carboxylic acids is 2. The summed E-state index contributed by atoms with van der Waals surface area (Å²) in [6, 6.07) is 22.4. The second-order valence-electron chi connectivity index (χ2n) is 8.58. The number of carbonyl (C=O) groups is 2. The number of benzene rings is 3. The van der Waals surface area contributed by atoms with Gasteiger partial charge in [0.1, 0.15) is 12.6 Å². The molecule has 3 rings (SSSR count). The van der Waals surface area contributed by atoms with Crippen LogP contribution >= 0.6 is 11.6 Å². The van der Waals surface area contributed by atoms with Gasteiger partial charge in [-0.15, -0.1) is 0 Å². The van der Waals surface area contributed by atoms with Crippen LogP contribution in [0.4, 0.5) is 5.69 Å². The molecule has 1 atom stereocenters. The summed E-state index contributed by atoms with van der Waals surface area (Å²) in [4.78, 5) is 28.3. The van der Waals surface area contributed by atoms with Gasteiger partial charge in [0.25, 0.3) is 0 Å². The Morgan fingerprint density at radius 3 is 2.19 bits per heavy atom. The van der Waals surface area contributed by atoms with E-state index in [2.05, 4.69) is 5.32 Å². The number of sulfonamides is 1. The Balaban J connectivity index is 2.01. The molecule has 0 aliphatic heterocycles. The van der Waals surface area contributed by atoms with Crippen LogP contribution < -0.4 is 9.62 Å². The molecule has 1 N–H and O–H groups in total. The molecular formula is C27H30ClN3O4S. The van der Waals surface area contributed by atoms with E-state index in [0.29, 0.717) is 10.7 Å². The predicted molar refractivity (Wildman–Crippen MR) is 143 cm³/mol. The Hall–Kier alpha value is -3.36. The van der Waals surface area contributed by atoms with Crippen molar-refractivity contribution in [3.63, 3.8) is 0 Å². The molecule has 0 bridgehead atoms. The predicted octanol–water partition coefficient (Wildman–Crippen LogP) is 3.80. The fourth-order valence-corrected chi connectivity index (χ4v) is 4.87. The van der Waals surface area contributed by atoms with Gasteiger partial charge in [-0.1, -0.05) is 66.2 Å². The highest BCUT2D eigenvalue weighted by Crippen LogP contribution is 2.21. The second-order valence-corrected chi connectivity index (χ2v) is 10.9. The van der Waals surface area contributed by atoms with Crippen molar-refractivity contribution in [3.8, 4) is 0 Å². The van der Waals surface area contributed by atoms with Crippen molar-refractivity contribution in [2.24, 2.45) is 0 Å². The lowest BCUT2D eigenvalue weighted by Gasteiger charge is -2.33. The van der Waals surface area contributed by atoms with Crippen LogP contribution in [0.15, 0.2) is 78.9 Å². The third kappa shape index (κ3) is 7.32. The van der Waals surface area contributed by atoms with Crippen molar-refractivity contribution >= 4 is 39.1 Å². The number of likely N-dealkylation sites (N-methyl/N-ethyl adjacent to an activating group) is 1. The molecule has 0 heterocycles. The number of rotatable bonds is 10. The molecule has 0 saturated heterocycles. The number of nitrogens with zero attached hydrogens (tertiary/aromatic N) is 2. The van der Waals surface area contributed by atoms with Crippen molar-refractivity contribution in [1.82, 2.24) is 10.2 Å². The molecular weight excluding hydrogens is 498 g/mol. The largest absolute Gasteiger partial charge is 0.357 e. The van der Waals surface area contributed by atoms with Crippen molar-refractivity contribution in [2.75, 3.05) is 24.2 Å². The van der Waals surface area contributed by atoms with E-state index in [4.69, 9.17) is 11.6 Å². The van der Waals surface area contributed by atoms with E-state index < -0.39 is 28.5 Å². The monoisotopic (exact) mass is 527 g/mol. The Labute approximate surface area is 217 Å². The van der Waals surface area contributed by atoms with Gasteiger partial charge in [0.15, 0.2) is 0 Å². The van der Waals surface area contributed by atoms with Gasteiger partial charge >= 0.3 is 0 Å². The Morgan fingerprint density at radius 2 is 1.61 bits per heavy atom. The average Bonchev–Trinajstić information content (AvgIpc) is 2.85. The van der Waals surface area contributed by atoms with Crippen molar-refractivity contribution < 1.29 is 18.0 Å². The highest BCUT2D eigenvalue weighted by Gasteiger charge is 2.32. The Morgan fingerprint density at radius 1 is 0.944 bits per heavy atom. The number of anilines is 1. The molecule has 36 heavy (non-hydrogen) atoms. The summed E-state index contributed by atoms with van der Waals surface area (Å²) in [6.07, 6.45) is 1.33. The number of amides is 2. The zero-order valence-corrected chi connectivity index (χ0v) is 22.1. The SMILES string of the molecule is CNC(=O)[C@H](Cc1ccccc1)N(Cc1ccc(Cl)cc1)C(=O)CN(c1cccc(C)c1)S(C)(=O)=O. The topological polar surface area (TPSA) is 86.8 Å². The minimum atomic E-state index is -3.78. The van der Waals surface area contributed by atoms with Crippen LogP contribution in [-0.4, -0.2) is 51.0 Å². The summed E-state index contributed by atoms with van der Waals surface area (Å²) >= 11 is 6.04. The maximum Gasteiger partial charge on any atom is 0.244 e. The first-order chi connectivity index (χ1) is 17.1. The van der Waals surface area contributed by atoms with Crippen LogP contribution in [0.3, 0.4) is 0 Å². The van der Waals surface area contributed by atoms with E-state index in [9.17, 15) is 18.0 Å². The van der Waals surface area contributed by atoms with Gasteiger partial charge in [-0.2, -0.15) is 0 Å². The third-order valence-corrected chi connectivity index (χ3v) is 7.15. The zero-order chi connectivity index (χ0) is 26.3. The minimum Gasteiger partial charge on any atom is -0.357 e. The van der Waals surface area contributed by atoms with Crippen LogP contribution in [0.2, 0.25) is 5.02 Å². The van der Waals surface area contributed by atoms with Crippen molar-refractivity contribution in [1.29, 1.82) is 0 Å². The average molecular weight is 528 g/mol. The number of hydrogen-bond acceptors (Lipinski definition) is 4. The van der Waals surface area contributed by atoms with E-state index in [1.807, 2.05) is 43.3 Å². The highest BCUT2D eigenvalue weighted by atomic mass is 35.5. The van der Waals surface area contributed by atoms with Gasteiger partial charge in [0.05, 0.1) is 11.9 Å². The molecule has 0 saturated carbocycles. The van der Waals surface area contributed by atoms with Gasteiger partial charge in [-0.05, 0) is 47.9 Å². The van der Waals surface area contributed by atoms with Crippen LogP contribution in [-0.2, 0) is 32.6 Å². The smallest absolute Gasteiger partial charge is 0.244 e. The number of nitrogens with one attached hydrogen (secondary N) is 1. The lowest BCUT2D eigenvalue weighted by Crippen LogP contribution is -2.52. The lowest BCUT2D eigenvalue weighted by atomic mass is 10.0. The van der Waals surface area contributed by atoms with Gasteiger partial charge < -0.3 is 10.2 Å². The van der Waals surface area contributed by atoms with E-state index in [1.54, 1.807) is 42.5 Å². The lowest BCUT2D eigenvalue weighted by molar-refractivity contribution is -0.139. The Bertz CT molecular complexity index is 1300. The first-order valence-electron chi connectivity index (χ1n) is 11.4. The van der Waals surface area contributed by atoms with Crippen LogP contribution in [0, 0.1) is 6.92 Å². The van der Waals surface area contributed by atoms with E-state index in [1.165, 1.54) is 11.9 Å². The summed E-state index contributed by atoms with van der Waals surface area (Å²) in [5.74, 6) is -0.843. The molecule has 0 aliphatic carbocycles. The third-order valence-electron chi connectivity index (χ3n) is 5.75. The molecule has 9 heteroatoms. The molecule has 0 radical (unpaired) electrons. The van der Waals surface area contributed by atoms with Crippen LogP contribution in [0.1, 0.15) is 16.7 Å². The first-order valence-corrected chi connectivity index (χ1v) is 13.6. The summed E-state index contributed by atoms with van der Waals surface area (Å²) < 4.78 is 26.5. The second kappa shape index (κ2) is 12.1. The fraction of sp³-hybridized carbons (Fsp3) is 0.259. The quantitative estimate of drug-likeness (QED) is 0.434. The summed E-state index contributed by atoms with van der Waals surface area (Å²) in [6.45, 7) is 1.50. The van der Waals surface area contributed by atoms with Gasteiger partial charge in [0.2, 0.25) is 21.8 Å². The molecule has 190 valence electrons. The molecule has 0 aromatic heterocycles. The zero-order valence-electron chi connectivity index (χ0n) is 20.5. The molecule has 0 spiro atoms. The molecule has 0 unspecified atom stereocenters. The summed E-state index contributed by atoms with van der Waals surface area (Å²) in [5, 5.41) is 3.20. The molecule has 3 aromatic rings. The maximum atomic E-state index is 13.8. The van der Waals surface area contributed by atoms with Gasteiger partial charge in [0, 0.05) is 25.0 Å². The minimum absolute atomic E-state index is 0.104. The van der Waals surface area contributed by atoms with E-state index in [0.717, 1.165) is 27.3 Å². The van der Waals surface area contributed by atoms with Crippen LogP contribution in [0.25, 0.3) is 0 Å². The molecule has 0 fully saturated rings. The van der Waals surface area contributed by atoms with E-state index in [-0.39, 0.29) is 18.9 Å². The summed E-state index contributed by atoms with van der Waals surface area (Å²) in [7, 11) is -2.27.